The molecule has 1 fully saturated rings. The Morgan fingerprint density at radius 1 is 0.939 bits per heavy atom. The first-order valence-electron chi connectivity index (χ1n) is 11.1. The van der Waals surface area contributed by atoms with Gasteiger partial charge in [-0.05, 0) is 23.9 Å². The lowest BCUT2D eigenvalue weighted by atomic mass is 10.1. The van der Waals surface area contributed by atoms with Gasteiger partial charge >= 0.3 is 5.69 Å². The van der Waals surface area contributed by atoms with Crippen LogP contribution in [0.25, 0.3) is 0 Å². The highest BCUT2D eigenvalue weighted by Crippen LogP contribution is 2.15. The Balaban J connectivity index is 1.52. The van der Waals surface area contributed by atoms with Crippen LogP contribution < -0.4 is 17.0 Å². The van der Waals surface area contributed by atoms with Gasteiger partial charge in [-0.25, -0.2) is 4.79 Å². The fourth-order valence-corrected chi connectivity index (χ4v) is 4.93. The number of nitrogens with zero attached hydrogens (tertiary/aromatic N) is 4. The molecule has 9 heteroatoms. The van der Waals surface area contributed by atoms with Crippen LogP contribution in [0.1, 0.15) is 27.7 Å². The molecule has 0 unspecified atom stereocenters. The number of thiophene rings is 1. The molecule has 0 aliphatic carbocycles. The van der Waals surface area contributed by atoms with Crippen LogP contribution in [0, 0.1) is 0 Å². The van der Waals surface area contributed by atoms with Gasteiger partial charge in [0.2, 0.25) is 0 Å². The average Bonchev–Trinajstić information content (AvgIpc) is 3.32. The predicted molar refractivity (Wildman–Crippen MR) is 131 cm³/mol. The second-order valence-corrected chi connectivity index (χ2v) is 9.25. The van der Waals surface area contributed by atoms with Crippen LogP contribution in [0.2, 0.25) is 0 Å². The lowest BCUT2D eigenvalue weighted by Crippen LogP contribution is -2.49. The number of carbonyl (C=O) groups is 1. The van der Waals surface area contributed by atoms with Gasteiger partial charge in [-0.15, -0.1) is 11.3 Å². The highest BCUT2D eigenvalue weighted by Gasteiger charge is 2.26. The van der Waals surface area contributed by atoms with Crippen LogP contribution in [-0.2, 0) is 19.6 Å². The standard InChI is InChI=1S/C24H29N5O3S/c1-2-28-23(31)21(22(25)29(24(28)32)15-18-7-4-3-5-8-18)20(30)17-27-12-10-26(11-13-27)16-19-9-6-14-33-19/h3-9,14H,2,10-13,15-17,25H2,1H3. The number of anilines is 1. The van der Waals surface area contributed by atoms with E-state index in [1.165, 1.54) is 9.44 Å². The Hall–Kier alpha value is -3.01. The smallest absolute Gasteiger partial charge is 0.332 e. The number of nitrogen functional groups attached to an aromatic ring is 1. The lowest BCUT2D eigenvalue weighted by Gasteiger charge is -2.34. The van der Waals surface area contributed by atoms with Gasteiger partial charge in [-0.1, -0.05) is 36.4 Å². The average molecular weight is 468 g/mol. The Kier molecular flexibility index (Phi) is 7.22. The monoisotopic (exact) mass is 467 g/mol. The van der Waals surface area contributed by atoms with Gasteiger partial charge in [0.25, 0.3) is 5.56 Å². The minimum atomic E-state index is -0.606. The number of aromatic nitrogens is 2. The molecule has 4 rings (SSSR count). The number of nitrogens with two attached hydrogens (primary N) is 1. The summed E-state index contributed by atoms with van der Waals surface area (Å²) in [6.07, 6.45) is 0. The van der Waals surface area contributed by atoms with Crippen molar-refractivity contribution in [2.45, 2.75) is 26.6 Å². The quantitative estimate of drug-likeness (QED) is 0.507. The Bertz CT molecular complexity index is 1210. The zero-order valence-electron chi connectivity index (χ0n) is 18.8. The normalized spacial score (nSPS) is 15.1. The van der Waals surface area contributed by atoms with Gasteiger partial charge in [-0.2, -0.15) is 0 Å². The lowest BCUT2D eigenvalue weighted by molar-refractivity contribution is 0.0843. The highest BCUT2D eigenvalue weighted by atomic mass is 32.1. The maximum atomic E-state index is 13.2. The van der Waals surface area contributed by atoms with Crippen molar-refractivity contribution in [2.24, 2.45) is 0 Å². The summed E-state index contributed by atoms with van der Waals surface area (Å²) < 4.78 is 2.41. The van der Waals surface area contributed by atoms with E-state index in [1.807, 2.05) is 30.3 Å². The van der Waals surface area contributed by atoms with Crippen LogP contribution in [0.15, 0.2) is 57.4 Å². The van der Waals surface area contributed by atoms with Crippen LogP contribution in [-0.4, -0.2) is 57.4 Å². The van der Waals surface area contributed by atoms with Gasteiger partial charge in [-0.3, -0.25) is 28.5 Å². The van der Waals surface area contributed by atoms with Crippen LogP contribution in [0.3, 0.4) is 0 Å². The molecular formula is C24H29N5O3S. The topological polar surface area (TPSA) is 93.6 Å². The number of ketones is 1. The molecule has 33 heavy (non-hydrogen) atoms. The molecule has 0 atom stereocenters. The van der Waals surface area contributed by atoms with Crippen molar-refractivity contribution in [2.75, 3.05) is 38.5 Å². The third kappa shape index (κ3) is 5.16. The van der Waals surface area contributed by atoms with E-state index in [2.05, 4.69) is 27.3 Å². The molecule has 3 aromatic rings. The summed E-state index contributed by atoms with van der Waals surface area (Å²) in [6, 6.07) is 13.6. The number of hydrogen-bond acceptors (Lipinski definition) is 7. The van der Waals surface area contributed by atoms with Crippen molar-refractivity contribution in [1.29, 1.82) is 0 Å². The maximum absolute atomic E-state index is 13.2. The summed E-state index contributed by atoms with van der Waals surface area (Å²) in [4.78, 5) is 44.8. The number of hydrogen-bond donors (Lipinski definition) is 1. The van der Waals surface area contributed by atoms with Gasteiger partial charge in [0.1, 0.15) is 11.4 Å². The summed E-state index contributed by atoms with van der Waals surface area (Å²) in [5.41, 5.74) is 5.94. The van der Waals surface area contributed by atoms with E-state index in [0.29, 0.717) is 0 Å². The molecule has 3 heterocycles. The van der Waals surface area contributed by atoms with E-state index in [1.54, 1.807) is 18.3 Å². The van der Waals surface area contributed by atoms with Gasteiger partial charge in [0.05, 0.1) is 13.1 Å². The Morgan fingerprint density at radius 3 is 2.27 bits per heavy atom. The number of benzene rings is 1. The largest absolute Gasteiger partial charge is 0.384 e. The van der Waals surface area contributed by atoms with Crippen LogP contribution in [0.5, 0.6) is 0 Å². The summed E-state index contributed by atoms with van der Waals surface area (Å²) in [7, 11) is 0. The van der Waals surface area contributed by atoms with Gasteiger partial charge < -0.3 is 5.73 Å². The zero-order chi connectivity index (χ0) is 23.4. The van der Waals surface area contributed by atoms with Crippen molar-refractivity contribution in [1.82, 2.24) is 18.9 Å². The molecule has 1 aliphatic heterocycles. The molecule has 1 aliphatic rings. The zero-order valence-corrected chi connectivity index (χ0v) is 19.6. The Morgan fingerprint density at radius 2 is 1.64 bits per heavy atom. The molecule has 8 nitrogen and oxygen atoms in total. The molecule has 0 amide bonds. The third-order valence-electron chi connectivity index (χ3n) is 6.04. The molecule has 0 radical (unpaired) electrons. The SMILES string of the molecule is CCn1c(=O)c(C(=O)CN2CCN(Cc3cccs3)CC2)c(N)n(Cc2ccccc2)c1=O. The second kappa shape index (κ2) is 10.3. The summed E-state index contributed by atoms with van der Waals surface area (Å²) >= 11 is 1.75. The van der Waals surface area contributed by atoms with E-state index >= 15 is 0 Å². The van der Waals surface area contributed by atoms with Gasteiger partial charge in [0.15, 0.2) is 5.78 Å². The Labute approximate surface area is 196 Å². The molecule has 1 saturated heterocycles. The maximum Gasteiger partial charge on any atom is 0.332 e. The second-order valence-electron chi connectivity index (χ2n) is 8.22. The molecule has 2 aromatic heterocycles. The van der Waals surface area contributed by atoms with E-state index in [9.17, 15) is 14.4 Å². The van der Waals surface area contributed by atoms with E-state index < -0.39 is 11.2 Å². The predicted octanol–water partition coefficient (Wildman–Crippen LogP) is 1.72. The van der Waals surface area contributed by atoms with Crippen molar-refractivity contribution < 1.29 is 4.79 Å². The molecule has 0 spiro atoms. The van der Waals surface area contributed by atoms with Crippen molar-refractivity contribution in [3.63, 3.8) is 0 Å². The first kappa shape index (κ1) is 23.2. The molecule has 1 aromatic carbocycles. The van der Waals surface area contributed by atoms with Crippen LogP contribution >= 0.6 is 11.3 Å². The summed E-state index contributed by atoms with van der Waals surface area (Å²) in [5, 5.41) is 2.08. The number of rotatable bonds is 8. The highest BCUT2D eigenvalue weighted by molar-refractivity contribution is 7.09. The molecular weight excluding hydrogens is 438 g/mol. The molecule has 0 saturated carbocycles. The third-order valence-corrected chi connectivity index (χ3v) is 6.90. The van der Waals surface area contributed by atoms with Crippen molar-refractivity contribution >= 4 is 22.9 Å². The van der Waals surface area contributed by atoms with E-state index in [4.69, 9.17) is 5.73 Å². The minimum Gasteiger partial charge on any atom is -0.384 e. The fraction of sp³-hybridized carbons (Fsp3) is 0.375. The molecule has 0 bridgehead atoms. The first-order valence-corrected chi connectivity index (χ1v) is 12.0. The number of Topliss-reactive ketones (excluding diaryl/α,β-unsaturated/α-hetero) is 1. The summed E-state index contributed by atoms with van der Waals surface area (Å²) in [6.45, 7) is 6.30. The van der Waals surface area contributed by atoms with E-state index in [0.717, 1.165) is 42.9 Å². The van der Waals surface area contributed by atoms with Crippen molar-refractivity contribution in [3.05, 3.63) is 84.7 Å². The molecule has 174 valence electrons. The van der Waals surface area contributed by atoms with Gasteiger partial charge in [0, 0.05) is 44.1 Å². The van der Waals surface area contributed by atoms with Crippen LogP contribution in [0.4, 0.5) is 5.82 Å². The molecule has 2 N–H and O–H groups in total. The van der Waals surface area contributed by atoms with Crippen molar-refractivity contribution in [3.8, 4) is 0 Å². The van der Waals surface area contributed by atoms with E-state index in [-0.39, 0.29) is 36.8 Å². The summed E-state index contributed by atoms with van der Waals surface area (Å²) in [5.74, 6) is -0.395. The fourth-order valence-electron chi connectivity index (χ4n) is 4.19. The number of carbonyl (C=O) groups excluding carboxylic acids is 1. The minimum absolute atomic E-state index is 0.0557. The first-order chi connectivity index (χ1) is 16.0. The number of piperazine rings is 1.